The molecular formula is C16H24N2O6S2. The van der Waals surface area contributed by atoms with Crippen LogP contribution in [0.2, 0.25) is 0 Å². The lowest BCUT2D eigenvalue weighted by atomic mass is 10.00. The summed E-state index contributed by atoms with van der Waals surface area (Å²) in [6, 6.07) is 1.19. The normalized spacial score (nSPS) is 26.2. The van der Waals surface area contributed by atoms with Crippen molar-refractivity contribution in [3.8, 4) is 0 Å². The van der Waals surface area contributed by atoms with Gasteiger partial charge in [-0.05, 0) is 0 Å². The Kier molecular flexibility index (Phi) is 7.14. The zero-order valence-corrected chi connectivity index (χ0v) is 16.5. The fourth-order valence-corrected chi connectivity index (χ4v) is 4.63. The summed E-state index contributed by atoms with van der Waals surface area (Å²) in [6.45, 7) is 6.09. The summed E-state index contributed by atoms with van der Waals surface area (Å²) >= 11 is 2.42. The van der Waals surface area contributed by atoms with Gasteiger partial charge in [-0.25, -0.2) is 4.79 Å². The number of aromatic amines is 1. The maximum absolute atomic E-state index is 11.9. The first-order valence-electron chi connectivity index (χ1n) is 8.19. The lowest BCUT2D eigenvalue weighted by Gasteiger charge is -2.17. The van der Waals surface area contributed by atoms with E-state index in [-0.39, 0.29) is 11.7 Å². The predicted octanol–water partition coefficient (Wildman–Crippen LogP) is 0.195. The molecule has 146 valence electrons. The molecule has 2 rings (SSSR count). The average molecular weight is 405 g/mol. The molecule has 1 aliphatic heterocycles. The van der Waals surface area contributed by atoms with Gasteiger partial charge in [0.25, 0.3) is 5.56 Å². The number of hydrogen-bond donors (Lipinski definition) is 3. The van der Waals surface area contributed by atoms with Crippen LogP contribution in [0, 0.1) is 5.41 Å². The van der Waals surface area contributed by atoms with Crippen molar-refractivity contribution in [3.63, 3.8) is 0 Å². The zero-order valence-electron chi connectivity index (χ0n) is 14.9. The molecule has 0 radical (unpaired) electrons. The molecule has 1 aromatic heterocycles. The summed E-state index contributed by atoms with van der Waals surface area (Å²) in [5.41, 5.74) is -1.56. The number of nitrogens with zero attached hydrogens (tertiary/aromatic N) is 1. The number of aromatic nitrogens is 2. The standard InChI is InChI=1S/C16H24N2O6S2/c1-16(2,3)14(22)25-7-6-24-8-9-11(20)12(21)13(26-9)18-5-4-10(19)17-15(18)23/h4-5,9,11-13,20-21H,6-8H2,1-3H3,(H,17,19,23)/t9-,11?,12?,13-/m1/s1. The van der Waals surface area contributed by atoms with Gasteiger partial charge in [0.2, 0.25) is 0 Å². The van der Waals surface area contributed by atoms with Crippen molar-refractivity contribution in [1.29, 1.82) is 0 Å². The summed E-state index contributed by atoms with van der Waals surface area (Å²) in [6.07, 6.45) is -0.922. The summed E-state index contributed by atoms with van der Waals surface area (Å²) in [7, 11) is 0. The number of H-pyrrole nitrogens is 1. The van der Waals surface area contributed by atoms with Crippen molar-refractivity contribution in [2.75, 3.05) is 19.0 Å². The Morgan fingerprint density at radius 3 is 2.65 bits per heavy atom. The molecule has 8 nitrogen and oxygen atoms in total. The van der Waals surface area contributed by atoms with E-state index in [1.807, 2.05) is 20.8 Å². The number of hydrogen-bond acceptors (Lipinski definition) is 8. The SMILES string of the molecule is CC(C)(C)C(=O)SCCOC[C@H]1S[C@@H](n2ccc(=O)[nH]c2=O)C(O)C1O. The molecule has 1 aromatic rings. The first-order valence-corrected chi connectivity index (χ1v) is 10.1. The van der Waals surface area contributed by atoms with Crippen molar-refractivity contribution < 1.29 is 19.7 Å². The van der Waals surface area contributed by atoms with E-state index in [1.165, 1.54) is 40.4 Å². The lowest BCUT2D eigenvalue weighted by molar-refractivity contribution is -0.117. The highest BCUT2D eigenvalue weighted by molar-refractivity contribution is 8.13. The molecule has 1 saturated heterocycles. The Bertz CT molecular complexity index is 741. The number of aliphatic hydroxyl groups is 2. The van der Waals surface area contributed by atoms with Gasteiger partial charge in [0.05, 0.1) is 24.6 Å². The van der Waals surface area contributed by atoms with Crippen LogP contribution in [0.1, 0.15) is 26.1 Å². The number of ether oxygens (including phenoxy) is 1. The van der Waals surface area contributed by atoms with E-state index in [4.69, 9.17) is 4.74 Å². The van der Waals surface area contributed by atoms with Crippen LogP contribution in [0.3, 0.4) is 0 Å². The van der Waals surface area contributed by atoms with E-state index in [1.54, 1.807) is 0 Å². The van der Waals surface area contributed by atoms with E-state index < -0.39 is 39.5 Å². The third kappa shape index (κ3) is 5.23. The number of carbonyl (C=O) groups is 1. The predicted molar refractivity (Wildman–Crippen MR) is 101 cm³/mol. The molecular weight excluding hydrogens is 380 g/mol. The average Bonchev–Trinajstić information content (AvgIpc) is 2.82. The molecule has 0 bridgehead atoms. The zero-order chi connectivity index (χ0) is 19.5. The molecule has 1 aliphatic rings. The third-order valence-electron chi connectivity index (χ3n) is 3.82. The molecule has 3 N–H and O–H groups in total. The Morgan fingerprint density at radius 1 is 1.35 bits per heavy atom. The van der Waals surface area contributed by atoms with Crippen molar-refractivity contribution >= 4 is 28.6 Å². The maximum atomic E-state index is 11.9. The largest absolute Gasteiger partial charge is 0.389 e. The summed E-state index contributed by atoms with van der Waals surface area (Å²) in [5.74, 6) is 0.509. The summed E-state index contributed by atoms with van der Waals surface area (Å²) in [4.78, 5) is 36.9. The topological polar surface area (TPSA) is 122 Å². The van der Waals surface area contributed by atoms with E-state index in [0.717, 1.165) is 0 Å². The van der Waals surface area contributed by atoms with Crippen LogP contribution in [-0.4, -0.2) is 61.3 Å². The second-order valence-corrected chi connectivity index (χ2v) is 9.45. The molecule has 1 fully saturated rings. The Morgan fingerprint density at radius 2 is 2.04 bits per heavy atom. The molecule has 2 heterocycles. The van der Waals surface area contributed by atoms with Gasteiger partial charge in [-0.3, -0.25) is 19.1 Å². The van der Waals surface area contributed by atoms with E-state index >= 15 is 0 Å². The fraction of sp³-hybridized carbons (Fsp3) is 0.688. The van der Waals surface area contributed by atoms with Gasteiger partial charge in [-0.1, -0.05) is 32.5 Å². The van der Waals surface area contributed by atoms with Gasteiger partial charge in [-0.2, -0.15) is 0 Å². The van der Waals surface area contributed by atoms with E-state index in [0.29, 0.717) is 12.4 Å². The molecule has 0 amide bonds. The smallest absolute Gasteiger partial charge is 0.329 e. The molecule has 10 heteroatoms. The lowest BCUT2D eigenvalue weighted by Crippen LogP contribution is -2.37. The molecule has 0 spiro atoms. The number of aliphatic hydroxyl groups excluding tert-OH is 2. The summed E-state index contributed by atoms with van der Waals surface area (Å²) in [5, 5.41) is 19.4. The number of thioether (sulfide) groups is 2. The van der Waals surface area contributed by atoms with Crippen LogP contribution >= 0.6 is 23.5 Å². The molecule has 2 unspecified atom stereocenters. The van der Waals surface area contributed by atoms with Crippen LogP contribution in [0.4, 0.5) is 0 Å². The van der Waals surface area contributed by atoms with Crippen molar-refractivity contribution in [1.82, 2.24) is 9.55 Å². The second kappa shape index (κ2) is 8.75. The van der Waals surface area contributed by atoms with Crippen molar-refractivity contribution in [3.05, 3.63) is 33.1 Å². The molecule has 0 aliphatic carbocycles. The maximum Gasteiger partial charge on any atom is 0.329 e. The highest BCUT2D eigenvalue weighted by atomic mass is 32.2. The monoisotopic (exact) mass is 404 g/mol. The van der Waals surface area contributed by atoms with Crippen LogP contribution in [0.25, 0.3) is 0 Å². The van der Waals surface area contributed by atoms with E-state index in [9.17, 15) is 24.6 Å². The third-order valence-corrected chi connectivity index (χ3v) is 6.61. The molecule has 0 saturated carbocycles. The van der Waals surface area contributed by atoms with Crippen LogP contribution in [0.15, 0.2) is 21.9 Å². The molecule has 0 aromatic carbocycles. The van der Waals surface area contributed by atoms with Gasteiger partial charge in [0, 0.05) is 23.4 Å². The molecule has 4 atom stereocenters. The van der Waals surface area contributed by atoms with Gasteiger partial charge in [-0.15, -0.1) is 11.8 Å². The first kappa shape index (κ1) is 21.2. The first-order chi connectivity index (χ1) is 12.1. The van der Waals surface area contributed by atoms with Crippen LogP contribution < -0.4 is 11.2 Å². The summed E-state index contributed by atoms with van der Waals surface area (Å²) < 4.78 is 6.72. The minimum atomic E-state index is -1.16. The fourth-order valence-electron chi connectivity index (χ4n) is 2.33. The minimum absolute atomic E-state index is 0.0873. The second-order valence-electron chi connectivity index (χ2n) is 7.02. The highest BCUT2D eigenvalue weighted by Gasteiger charge is 2.43. The van der Waals surface area contributed by atoms with Crippen molar-refractivity contribution in [2.45, 2.75) is 43.6 Å². The van der Waals surface area contributed by atoms with Gasteiger partial charge < -0.3 is 14.9 Å². The Hall–Kier alpha value is -1.07. The quantitative estimate of drug-likeness (QED) is 0.575. The number of carbonyl (C=O) groups excluding carboxylic acids is 1. The van der Waals surface area contributed by atoms with Crippen LogP contribution in [-0.2, 0) is 9.53 Å². The van der Waals surface area contributed by atoms with E-state index in [2.05, 4.69) is 4.98 Å². The molecule has 26 heavy (non-hydrogen) atoms. The Balaban J connectivity index is 1.85. The van der Waals surface area contributed by atoms with Gasteiger partial charge in [0.1, 0.15) is 11.5 Å². The van der Waals surface area contributed by atoms with Gasteiger partial charge in [0.15, 0.2) is 5.12 Å². The number of nitrogens with one attached hydrogen (secondary N) is 1. The minimum Gasteiger partial charge on any atom is -0.389 e. The highest BCUT2D eigenvalue weighted by Crippen LogP contribution is 2.41. The van der Waals surface area contributed by atoms with Gasteiger partial charge >= 0.3 is 5.69 Å². The van der Waals surface area contributed by atoms with Crippen LogP contribution in [0.5, 0.6) is 0 Å². The van der Waals surface area contributed by atoms with Crippen molar-refractivity contribution in [2.24, 2.45) is 5.41 Å². The Labute approximate surface area is 159 Å². The number of rotatable bonds is 6.